The summed E-state index contributed by atoms with van der Waals surface area (Å²) in [6.07, 6.45) is 1.84. The number of hydrogen-bond acceptors (Lipinski definition) is 3. The smallest absolute Gasteiger partial charge is 0.273 e. The first-order valence-corrected chi connectivity index (χ1v) is 10.1. The zero-order chi connectivity index (χ0) is 21.3. The van der Waals surface area contributed by atoms with E-state index >= 15 is 0 Å². The molecule has 1 aliphatic rings. The van der Waals surface area contributed by atoms with Crippen molar-refractivity contribution >= 4 is 11.8 Å². The highest BCUT2D eigenvalue weighted by Crippen LogP contribution is 2.31. The van der Waals surface area contributed by atoms with E-state index in [1.54, 1.807) is 6.07 Å². The molecule has 154 valence electrons. The highest BCUT2D eigenvalue weighted by molar-refractivity contribution is 6.00. The molecule has 3 rings (SSSR count). The molecule has 5 heteroatoms. The monoisotopic (exact) mass is 394 g/mol. The standard InChI is InChI=1S/C24H30N2O3/c1-15-12-16(2)14-18(13-15)22(27)25-26(24(4,5)6)23(28)20-9-10-21-19(17(20)3)8-7-11-29-21/h9-10,12-14H,7-8,11H2,1-6H3,(H,25,27). The van der Waals surface area contributed by atoms with E-state index in [0.717, 1.165) is 40.8 Å². The van der Waals surface area contributed by atoms with Gasteiger partial charge >= 0.3 is 0 Å². The molecule has 29 heavy (non-hydrogen) atoms. The third kappa shape index (κ3) is 4.44. The quantitative estimate of drug-likeness (QED) is 0.762. The molecule has 0 aromatic heterocycles. The van der Waals surface area contributed by atoms with Crippen molar-refractivity contribution in [1.29, 1.82) is 0 Å². The molecule has 2 aromatic rings. The molecule has 1 N–H and O–H groups in total. The van der Waals surface area contributed by atoms with Crippen molar-refractivity contribution in [3.63, 3.8) is 0 Å². The summed E-state index contributed by atoms with van der Waals surface area (Å²) in [5.41, 5.74) is 7.40. The molecule has 0 spiro atoms. The van der Waals surface area contributed by atoms with Crippen molar-refractivity contribution in [2.24, 2.45) is 0 Å². The minimum Gasteiger partial charge on any atom is -0.493 e. The summed E-state index contributed by atoms with van der Waals surface area (Å²) in [7, 11) is 0. The van der Waals surface area contributed by atoms with Gasteiger partial charge in [0.25, 0.3) is 11.8 Å². The fourth-order valence-electron chi connectivity index (χ4n) is 3.76. The first kappa shape index (κ1) is 20.9. The van der Waals surface area contributed by atoms with Crippen molar-refractivity contribution in [3.05, 3.63) is 63.7 Å². The van der Waals surface area contributed by atoms with Gasteiger partial charge in [0.2, 0.25) is 0 Å². The lowest BCUT2D eigenvalue weighted by molar-refractivity contribution is 0.0358. The summed E-state index contributed by atoms with van der Waals surface area (Å²) in [5, 5.41) is 1.44. The van der Waals surface area contributed by atoms with Crippen LogP contribution in [0.5, 0.6) is 5.75 Å². The van der Waals surface area contributed by atoms with E-state index in [-0.39, 0.29) is 11.8 Å². The summed E-state index contributed by atoms with van der Waals surface area (Å²) in [6, 6.07) is 9.33. The van der Waals surface area contributed by atoms with Gasteiger partial charge in [-0.3, -0.25) is 15.0 Å². The number of hydrogen-bond donors (Lipinski definition) is 1. The molecule has 1 aliphatic heterocycles. The number of hydrazine groups is 1. The van der Waals surface area contributed by atoms with Gasteiger partial charge < -0.3 is 4.74 Å². The summed E-state index contributed by atoms with van der Waals surface area (Å²) in [5.74, 6) is 0.340. The highest BCUT2D eigenvalue weighted by Gasteiger charge is 2.31. The number of aryl methyl sites for hydroxylation is 2. The average Bonchev–Trinajstić information content (AvgIpc) is 2.64. The lowest BCUT2D eigenvalue weighted by Gasteiger charge is -2.36. The Kier molecular flexibility index (Phi) is 5.69. The molecule has 0 fully saturated rings. The first-order valence-electron chi connectivity index (χ1n) is 10.1. The number of carbonyl (C=O) groups is 2. The summed E-state index contributed by atoms with van der Waals surface area (Å²) >= 11 is 0. The molecule has 0 unspecified atom stereocenters. The van der Waals surface area contributed by atoms with E-state index in [2.05, 4.69) is 5.43 Å². The zero-order valence-corrected chi connectivity index (χ0v) is 18.2. The van der Waals surface area contributed by atoms with Gasteiger partial charge in [0.1, 0.15) is 5.75 Å². The van der Waals surface area contributed by atoms with Crippen LogP contribution in [0.2, 0.25) is 0 Å². The Morgan fingerprint density at radius 3 is 2.31 bits per heavy atom. The Balaban J connectivity index is 1.93. The Morgan fingerprint density at radius 2 is 1.69 bits per heavy atom. The topological polar surface area (TPSA) is 58.6 Å². The van der Waals surface area contributed by atoms with Crippen molar-refractivity contribution in [2.45, 2.75) is 59.9 Å². The van der Waals surface area contributed by atoms with Crippen LogP contribution in [0.15, 0.2) is 30.3 Å². The van der Waals surface area contributed by atoms with Gasteiger partial charge in [-0.15, -0.1) is 0 Å². The molecule has 0 atom stereocenters. The first-order chi connectivity index (χ1) is 13.6. The largest absolute Gasteiger partial charge is 0.493 e. The van der Waals surface area contributed by atoms with Crippen molar-refractivity contribution < 1.29 is 14.3 Å². The summed E-state index contributed by atoms with van der Waals surface area (Å²) in [6.45, 7) is 12.3. The van der Waals surface area contributed by atoms with Crippen molar-refractivity contribution in [1.82, 2.24) is 10.4 Å². The molecule has 2 aromatic carbocycles. The Labute approximate surface area is 173 Å². The van der Waals surface area contributed by atoms with Gasteiger partial charge in [-0.05, 0) is 89.8 Å². The van der Waals surface area contributed by atoms with E-state index in [1.807, 2.05) is 65.8 Å². The van der Waals surface area contributed by atoms with Crippen molar-refractivity contribution in [2.75, 3.05) is 6.61 Å². The van der Waals surface area contributed by atoms with Crippen LogP contribution in [0.3, 0.4) is 0 Å². The lowest BCUT2D eigenvalue weighted by Crippen LogP contribution is -2.56. The number of amides is 2. The number of nitrogens with zero attached hydrogens (tertiary/aromatic N) is 1. The fourth-order valence-corrected chi connectivity index (χ4v) is 3.76. The number of benzene rings is 2. The second-order valence-corrected chi connectivity index (χ2v) is 8.80. The van der Waals surface area contributed by atoms with E-state index in [0.29, 0.717) is 17.7 Å². The summed E-state index contributed by atoms with van der Waals surface area (Å²) in [4.78, 5) is 26.4. The SMILES string of the molecule is Cc1cc(C)cc(C(=O)NN(C(=O)c2ccc3c(c2C)CCCO3)C(C)(C)C)c1. The molecule has 0 saturated carbocycles. The normalized spacial score (nSPS) is 13.3. The molecule has 0 bridgehead atoms. The highest BCUT2D eigenvalue weighted by atomic mass is 16.5. The molecule has 0 aliphatic carbocycles. The number of rotatable bonds is 2. The maximum Gasteiger partial charge on any atom is 0.273 e. The maximum absolute atomic E-state index is 13.5. The van der Waals surface area contributed by atoms with Crippen LogP contribution in [0.25, 0.3) is 0 Å². The molecular formula is C24H30N2O3. The minimum atomic E-state index is -0.593. The predicted octanol–water partition coefficient (Wildman–Crippen LogP) is 4.52. The molecule has 1 heterocycles. The van der Waals surface area contributed by atoms with E-state index in [1.165, 1.54) is 5.01 Å². The van der Waals surface area contributed by atoms with Crippen LogP contribution in [0.4, 0.5) is 0 Å². The third-order valence-corrected chi connectivity index (χ3v) is 5.19. The van der Waals surface area contributed by atoms with E-state index in [9.17, 15) is 9.59 Å². The molecule has 0 saturated heterocycles. The van der Waals surface area contributed by atoms with Crippen molar-refractivity contribution in [3.8, 4) is 5.75 Å². The van der Waals surface area contributed by atoms with Crippen LogP contribution in [0.1, 0.15) is 70.2 Å². The van der Waals surface area contributed by atoms with Crippen LogP contribution in [0, 0.1) is 20.8 Å². The Hall–Kier alpha value is -2.82. The number of nitrogens with one attached hydrogen (secondary N) is 1. The number of fused-ring (bicyclic) bond motifs is 1. The van der Waals surface area contributed by atoms with Gasteiger partial charge in [0, 0.05) is 11.1 Å². The molecular weight excluding hydrogens is 364 g/mol. The van der Waals surface area contributed by atoms with Gasteiger partial charge in [0.05, 0.1) is 12.1 Å². The van der Waals surface area contributed by atoms with Crippen LogP contribution in [-0.2, 0) is 6.42 Å². The second-order valence-electron chi connectivity index (χ2n) is 8.80. The van der Waals surface area contributed by atoms with Crippen LogP contribution >= 0.6 is 0 Å². The molecule has 0 radical (unpaired) electrons. The van der Waals surface area contributed by atoms with Gasteiger partial charge in [-0.1, -0.05) is 17.2 Å². The van der Waals surface area contributed by atoms with Gasteiger partial charge in [-0.25, -0.2) is 5.01 Å². The number of ether oxygens (including phenoxy) is 1. The Bertz CT molecular complexity index is 937. The fraction of sp³-hybridized carbons (Fsp3) is 0.417. The molecule has 2 amide bonds. The van der Waals surface area contributed by atoms with Crippen LogP contribution in [-0.4, -0.2) is 29.0 Å². The predicted molar refractivity (Wildman–Crippen MR) is 114 cm³/mol. The lowest BCUT2D eigenvalue weighted by atomic mass is 9.95. The van der Waals surface area contributed by atoms with E-state index < -0.39 is 5.54 Å². The van der Waals surface area contributed by atoms with Crippen LogP contribution < -0.4 is 10.2 Å². The molecule has 5 nitrogen and oxygen atoms in total. The minimum absolute atomic E-state index is 0.221. The number of carbonyl (C=O) groups excluding carboxylic acids is 2. The van der Waals surface area contributed by atoms with Gasteiger partial charge in [-0.2, -0.15) is 0 Å². The third-order valence-electron chi connectivity index (χ3n) is 5.19. The second kappa shape index (κ2) is 7.90. The maximum atomic E-state index is 13.5. The summed E-state index contributed by atoms with van der Waals surface area (Å²) < 4.78 is 5.72. The van der Waals surface area contributed by atoms with E-state index in [4.69, 9.17) is 4.74 Å². The average molecular weight is 395 g/mol. The Morgan fingerprint density at radius 1 is 1.03 bits per heavy atom. The zero-order valence-electron chi connectivity index (χ0n) is 18.2. The van der Waals surface area contributed by atoms with Gasteiger partial charge in [0.15, 0.2) is 0 Å².